The van der Waals surface area contributed by atoms with Gasteiger partial charge in [-0.3, -0.25) is 10.4 Å². The Morgan fingerprint density at radius 2 is 2.44 bits per heavy atom. The van der Waals surface area contributed by atoms with Gasteiger partial charge in [-0.2, -0.15) is 0 Å². The minimum absolute atomic E-state index is 0.0476. The second-order valence-corrected chi connectivity index (χ2v) is 3.61. The van der Waals surface area contributed by atoms with E-state index in [0.717, 1.165) is 25.1 Å². The summed E-state index contributed by atoms with van der Waals surface area (Å²) in [5, 5.41) is 3.15. The monoisotopic (exact) mass is 224 g/mol. The van der Waals surface area contributed by atoms with Crippen molar-refractivity contribution in [2.75, 3.05) is 6.54 Å². The molecule has 0 fully saturated rings. The third-order valence-corrected chi connectivity index (χ3v) is 2.24. The van der Waals surface area contributed by atoms with Gasteiger partial charge >= 0.3 is 0 Å². The maximum atomic E-state index is 5.38. The highest BCUT2D eigenvalue weighted by molar-refractivity contribution is 5.79. The maximum absolute atomic E-state index is 5.38. The normalized spacial score (nSPS) is 13.6. The number of rotatable bonds is 5. The van der Waals surface area contributed by atoms with Crippen LogP contribution in [0, 0.1) is 0 Å². The van der Waals surface area contributed by atoms with Crippen molar-refractivity contribution in [1.29, 1.82) is 0 Å². The first-order valence-corrected chi connectivity index (χ1v) is 5.59. The Balaban J connectivity index is 2.46. The van der Waals surface area contributed by atoms with Crippen LogP contribution < -0.4 is 16.6 Å². The van der Waals surface area contributed by atoms with Gasteiger partial charge in [-0.15, -0.1) is 0 Å². The van der Waals surface area contributed by atoms with Crippen LogP contribution >= 0.6 is 0 Å². The van der Waals surface area contributed by atoms with E-state index in [4.69, 9.17) is 10.3 Å². The number of unbranched alkanes of at least 4 members (excludes halogenated alkanes) is 1. The summed E-state index contributed by atoms with van der Waals surface area (Å²) in [6, 6.07) is 3.82. The zero-order valence-electron chi connectivity index (χ0n) is 9.86. The fraction of sp³-hybridized carbons (Fsp3) is 0.545. The minimum Gasteiger partial charge on any atom is -0.467 e. The molecule has 0 spiro atoms. The third-order valence-electron chi connectivity index (χ3n) is 2.24. The molecule has 1 unspecified atom stereocenters. The standard InChI is InChI=1S/C11H20N4O/c1-3-4-7-13-11(15-12)14-9(2)10-6-5-8-16-10/h5-6,8-9H,3-4,7,12H2,1-2H3,(H2,13,14,15). The van der Waals surface area contributed by atoms with Crippen LogP contribution in [-0.2, 0) is 0 Å². The average molecular weight is 224 g/mol. The van der Waals surface area contributed by atoms with Crippen LogP contribution in [0.4, 0.5) is 0 Å². The number of guanidine groups is 1. The van der Waals surface area contributed by atoms with E-state index in [0.29, 0.717) is 5.96 Å². The van der Waals surface area contributed by atoms with Crippen molar-refractivity contribution in [3.05, 3.63) is 24.2 Å². The lowest BCUT2D eigenvalue weighted by molar-refractivity contribution is 0.460. The Bertz CT molecular complexity index is 308. The summed E-state index contributed by atoms with van der Waals surface area (Å²) in [5.74, 6) is 6.84. The van der Waals surface area contributed by atoms with Crippen molar-refractivity contribution in [3.8, 4) is 0 Å². The van der Waals surface area contributed by atoms with Crippen LogP contribution in [0.25, 0.3) is 0 Å². The molecule has 0 aliphatic heterocycles. The number of nitrogens with two attached hydrogens (primary N) is 1. The number of hydrazine groups is 1. The number of nitrogens with one attached hydrogen (secondary N) is 2. The van der Waals surface area contributed by atoms with Gasteiger partial charge < -0.3 is 9.73 Å². The van der Waals surface area contributed by atoms with Gasteiger partial charge in [0.2, 0.25) is 5.96 Å². The number of furan rings is 1. The lowest BCUT2D eigenvalue weighted by atomic mass is 10.2. The van der Waals surface area contributed by atoms with Crippen molar-refractivity contribution in [2.45, 2.75) is 32.7 Å². The number of hydrogen-bond acceptors (Lipinski definition) is 3. The molecule has 90 valence electrons. The average Bonchev–Trinajstić information content (AvgIpc) is 2.81. The first-order valence-electron chi connectivity index (χ1n) is 5.59. The van der Waals surface area contributed by atoms with Gasteiger partial charge in [-0.25, -0.2) is 5.84 Å². The van der Waals surface area contributed by atoms with Gasteiger partial charge in [0.05, 0.1) is 12.3 Å². The molecule has 0 saturated carbocycles. The molecule has 1 atom stereocenters. The molecule has 5 nitrogen and oxygen atoms in total. The molecule has 0 bridgehead atoms. The zero-order chi connectivity index (χ0) is 11.8. The molecule has 0 aromatic carbocycles. The Labute approximate surface area is 96.1 Å². The highest BCUT2D eigenvalue weighted by Crippen LogP contribution is 2.11. The molecule has 1 rings (SSSR count). The van der Waals surface area contributed by atoms with Crippen molar-refractivity contribution in [3.63, 3.8) is 0 Å². The van der Waals surface area contributed by atoms with E-state index in [1.165, 1.54) is 0 Å². The summed E-state index contributed by atoms with van der Waals surface area (Å²) in [7, 11) is 0. The van der Waals surface area contributed by atoms with E-state index in [9.17, 15) is 0 Å². The van der Waals surface area contributed by atoms with Crippen molar-refractivity contribution >= 4 is 5.96 Å². The highest BCUT2D eigenvalue weighted by Gasteiger charge is 2.09. The molecular weight excluding hydrogens is 204 g/mol. The minimum atomic E-state index is 0.0476. The molecule has 0 amide bonds. The highest BCUT2D eigenvalue weighted by atomic mass is 16.3. The summed E-state index contributed by atoms with van der Waals surface area (Å²) < 4.78 is 5.28. The molecule has 0 aliphatic rings. The zero-order valence-corrected chi connectivity index (χ0v) is 9.86. The van der Waals surface area contributed by atoms with Gasteiger partial charge in [0.1, 0.15) is 5.76 Å². The Morgan fingerprint density at radius 3 is 3.00 bits per heavy atom. The molecule has 1 aromatic rings. The number of hydrogen-bond donors (Lipinski definition) is 3. The van der Waals surface area contributed by atoms with Gasteiger partial charge in [0.25, 0.3) is 0 Å². The largest absolute Gasteiger partial charge is 0.467 e. The quantitative estimate of drug-likeness (QED) is 0.233. The molecule has 1 aromatic heterocycles. The maximum Gasteiger partial charge on any atom is 0.206 e. The Morgan fingerprint density at radius 1 is 1.62 bits per heavy atom. The van der Waals surface area contributed by atoms with Crippen LogP contribution in [0.15, 0.2) is 27.8 Å². The van der Waals surface area contributed by atoms with Crippen molar-refractivity contribution in [2.24, 2.45) is 10.8 Å². The lowest BCUT2D eigenvalue weighted by Gasteiger charge is -2.14. The van der Waals surface area contributed by atoms with Gasteiger partial charge in [-0.05, 0) is 25.5 Å². The summed E-state index contributed by atoms with van der Waals surface area (Å²) >= 11 is 0. The number of aliphatic imine (C=N–C) groups is 1. The van der Waals surface area contributed by atoms with Gasteiger partial charge in [0.15, 0.2) is 0 Å². The van der Waals surface area contributed by atoms with Gasteiger partial charge in [-0.1, -0.05) is 13.3 Å². The molecule has 1 heterocycles. The molecule has 4 N–H and O–H groups in total. The summed E-state index contributed by atoms with van der Waals surface area (Å²) in [6.07, 6.45) is 3.83. The lowest BCUT2D eigenvalue weighted by Crippen LogP contribution is -2.42. The first kappa shape index (κ1) is 12.6. The summed E-state index contributed by atoms with van der Waals surface area (Å²) in [5.41, 5.74) is 2.55. The predicted molar refractivity (Wildman–Crippen MR) is 64.8 cm³/mol. The smallest absolute Gasteiger partial charge is 0.206 e. The van der Waals surface area contributed by atoms with Crippen molar-refractivity contribution < 1.29 is 4.42 Å². The SMILES string of the molecule is CCCCN=C(NN)NC(C)c1ccco1. The van der Waals surface area contributed by atoms with E-state index in [2.05, 4.69) is 22.7 Å². The van der Waals surface area contributed by atoms with E-state index < -0.39 is 0 Å². The van der Waals surface area contributed by atoms with Gasteiger partial charge in [0, 0.05) is 6.54 Å². The predicted octanol–water partition coefficient (Wildman–Crippen LogP) is 1.55. The van der Waals surface area contributed by atoms with Crippen LogP contribution in [-0.4, -0.2) is 12.5 Å². The topological polar surface area (TPSA) is 75.6 Å². The fourth-order valence-electron chi connectivity index (χ4n) is 1.30. The van der Waals surface area contributed by atoms with Crippen LogP contribution in [0.2, 0.25) is 0 Å². The Hall–Kier alpha value is -1.49. The van der Waals surface area contributed by atoms with E-state index >= 15 is 0 Å². The fourth-order valence-corrected chi connectivity index (χ4v) is 1.30. The summed E-state index contributed by atoms with van der Waals surface area (Å²) in [6.45, 7) is 4.89. The van der Waals surface area contributed by atoms with E-state index in [1.54, 1.807) is 6.26 Å². The first-order chi connectivity index (χ1) is 7.77. The Kier molecular flexibility index (Phi) is 5.42. The number of nitrogens with zero attached hydrogens (tertiary/aromatic N) is 1. The van der Waals surface area contributed by atoms with Crippen molar-refractivity contribution in [1.82, 2.24) is 10.7 Å². The van der Waals surface area contributed by atoms with E-state index in [-0.39, 0.29) is 6.04 Å². The molecular formula is C11H20N4O. The van der Waals surface area contributed by atoms with E-state index in [1.807, 2.05) is 19.1 Å². The molecule has 0 aliphatic carbocycles. The van der Waals surface area contributed by atoms with Crippen LogP contribution in [0.5, 0.6) is 0 Å². The molecule has 16 heavy (non-hydrogen) atoms. The van der Waals surface area contributed by atoms with Crippen LogP contribution in [0.1, 0.15) is 38.5 Å². The molecule has 5 heteroatoms. The second kappa shape index (κ2) is 6.90. The second-order valence-electron chi connectivity index (χ2n) is 3.61. The summed E-state index contributed by atoms with van der Waals surface area (Å²) in [4.78, 5) is 4.31. The van der Waals surface area contributed by atoms with Crippen LogP contribution in [0.3, 0.4) is 0 Å². The molecule has 0 radical (unpaired) electrons. The molecule has 0 saturated heterocycles. The third kappa shape index (κ3) is 3.94.